The predicted octanol–water partition coefficient (Wildman–Crippen LogP) is 3.20. The second-order valence-corrected chi connectivity index (χ2v) is 7.08. The van der Waals surface area contributed by atoms with Gasteiger partial charge in [0.05, 0.1) is 18.3 Å². The third-order valence-electron chi connectivity index (χ3n) is 5.38. The van der Waals surface area contributed by atoms with Gasteiger partial charge < -0.3 is 9.15 Å². The van der Waals surface area contributed by atoms with Gasteiger partial charge in [0.15, 0.2) is 5.76 Å². The number of oxazole rings is 1. The number of ether oxygens (including phenoxy) is 1. The van der Waals surface area contributed by atoms with E-state index in [-0.39, 0.29) is 6.04 Å². The molecular formula is C20H27N3O2. The zero-order valence-electron chi connectivity index (χ0n) is 14.9. The number of aromatic nitrogens is 1. The molecule has 5 nitrogen and oxygen atoms in total. The first-order valence-electron chi connectivity index (χ1n) is 9.39. The number of benzene rings is 1. The highest BCUT2D eigenvalue weighted by atomic mass is 16.5. The van der Waals surface area contributed by atoms with Crippen molar-refractivity contribution < 1.29 is 9.15 Å². The lowest BCUT2D eigenvalue weighted by Crippen LogP contribution is -2.49. The van der Waals surface area contributed by atoms with Gasteiger partial charge in [-0.1, -0.05) is 30.3 Å². The highest BCUT2D eigenvalue weighted by Crippen LogP contribution is 2.26. The zero-order valence-corrected chi connectivity index (χ0v) is 14.9. The van der Waals surface area contributed by atoms with Crippen LogP contribution in [-0.2, 0) is 4.74 Å². The van der Waals surface area contributed by atoms with Crippen LogP contribution in [0.1, 0.15) is 31.7 Å². The average Bonchev–Trinajstić information content (AvgIpc) is 3.34. The summed E-state index contributed by atoms with van der Waals surface area (Å²) < 4.78 is 11.8. The number of piperazine rings is 1. The smallest absolute Gasteiger partial charge is 0.211 e. The molecule has 5 heteroatoms. The van der Waals surface area contributed by atoms with Crippen LogP contribution in [-0.4, -0.2) is 60.2 Å². The van der Waals surface area contributed by atoms with E-state index in [4.69, 9.17) is 9.15 Å². The van der Waals surface area contributed by atoms with Crippen molar-refractivity contribution in [3.63, 3.8) is 0 Å². The van der Waals surface area contributed by atoms with Crippen LogP contribution in [0.2, 0.25) is 0 Å². The topological polar surface area (TPSA) is 41.7 Å². The maximum absolute atomic E-state index is 6.03. The molecule has 0 N–H and O–H groups in total. The molecule has 134 valence electrons. The molecule has 3 heterocycles. The molecule has 2 aromatic rings. The fourth-order valence-corrected chi connectivity index (χ4v) is 3.78. The summed E-state index contributed by atoms with van der Waals surface area (Å²) in [5, 5.41) is 0. The van der Waals surface area contributed by atoms with Crippen molar-refractivity contribution in [2.45, 2.75) is 31.9 Å². The normalized spacial score (nSPS) is 23.8. The molecule has 2 atom stereocenters. The Labute approximate surface area is 149 Å². The summed E-state index contributed by atoms with van der Waals surface area (Å²) in [6.07, 6.45) is 4.73. The molecule has 0 bridgehead atoms. The largest absolute Gasteiger partial charge is 0.439 e. The second kappa shape index (κ2) is 7.68. The van der Waals surface area contributed by atoms with Gasteiger partial charge in [0, 0.05) is 44.9 Å². The van der Waals surface area contributed by atoms with Crippen molar-refractivity contribution in [1.82, 2.24) is 14.8 Å². The van der Waals surface area contributed by atoms with Gasteiger partial charge in [-0.15, -0.1) is 0 Å². The van der Waals surface area contributed by atoms with E-state index < -0.39 is 0 Å². The molecule has 4 rings (SSSR count). The van der Waals surface area contributed by atoms with Crippen molar-refractivity contribution in [2.75, 3.05) is 39.3 Å². The van der Waals surface area contributed by atoms with E-state index >= 15 is 0 Å². The van der Waals surface area contributed by atoms with Crippen LogP contribution in [0.5, 0.6) is 0 Å². The maximum atomic E-state index is 6.03. The van der Waals surface area contributed by atoms with Gasteiger partial charge in [-0.2, -0.15) is 0 Å². The molecule has 0 amide bonds. The molecule has 1 aromatic carbocycles. The van der Waals surface area contributed by atoms with Crippen molar-refractivity contribution in [1.29, 1.82) is 0 Å². The summed E-state index contributed by atoms with van der Waals surface area (Å²) in [7, 11) is 0. The average molecular weight is 341 g/mol. The predicted molar refractivity (Wildman–Crippen MR) is 97.3 cm³/mol. The van der Waals surface area contributed by atoms with Gasteiger partial charge in [0.2, 0.25) is 5.89 Å². The number of hydrogen-bond donors (Lipinski definition) is 0. The van der Waals surface area contributed by atoms with E-state index in [1.807, 2.05) is 24.4 Å². The fraction of sp³-hybridized carbons (Fsp3) is 0.550. The highest BCUT2D eigenvalue weighted by Gasteiger charge is 2.27. The lowest BCUT2D eigenvalue weighted by atomic mass is 10.2. The first kappa shape index (κ1) is 16.8. The Hall–Kier alpha value is -1.69. The molecule has 2 fully saturated rings. The van der Waals surface area contributed by atoms with E-state index in [0.717, 1.165) is 56.5 Å². The monoisotopic (exact) mass is 341 g/mol. The third kappa shape index (κ3) is 3.94. The minimum absolute atomic E-state index is 0.211. The Kier molecular flexibility index (Phi) is 5.15. The van der Waals surface area contributed by atoms with Gasteiger partial charge in [-0.25, -0.2) is 4.98 Å². The lowest BCUT2D eigenvalue weighted by molar-refractivity contribution is 0.0388. The van der Waals surface area contributed by atoms with Crippen LogP contribution >= 0.6 is 0 Å². The van der Waals surface area contributed by atoms with Gasteiger partial charge in [-0.05, 0) is 19.8 Å². The Morgan fingerprint density at radius 3 is 2.68 bits per heavy atom. The van der Waals surface area contributed by atoms with Crippen LogP contribution < -0.4 is 0 Å². The molecule has 2 aliphatic heterocycles. The van der Waals surface area contributed by atoms with Crippen molar-refractivity contribution in [2.24, 2.45) is 0 Å². The van der Waals surface area contributed by atoms with E-state index in [1.165, 1.54) is 12.8 Å². The standard InChI is InChI=1S/C20H27N3O2/c1-16(20-21-14-19(25-20)17-6-3-2-4-7-17)23-11-9-22(10-12-23)15-18-8-5-13-24-18/h2-4,6-7,14,16,18H,5,8-13,15H2,1H3/t16-,18-/m0/s1. The second-order valence-electron chi connectivity index (χ2n) is 7.08. The third-order valence-corrected chi connectivity index (χ3v) is 5.38. The summed E-state index contributed by atoms with van der Waals surface area (Å²) >= 11 is 0. The molecule has 1 aromatic heterocycles. The van der Waals surface area contributed by atoms with Crippen molar-refractivity contribution >= 4 is 0 Å². The molecular weight excluding hydrogens is 314 g/mol. The molecule has 25 heavy (non-hydrogen) atoms. The quantitative estimate of drug-likeness (QED) is 0.835. The summed E-state index contributed by atoms with van der Waals surface area (Å²) in [6, 6.07) is 10.4. The van der Waals surface area contributed by atoms with Crippen molar-refractivity contribution in [3.8, 4) is 11.3 Å². The Morgan fingerprint density at radius 2 is 1.96 bits per heavy atom. The Balaban J connectivity index is 1.33. The summed E-state index contributed by atoms with van der Waals surface area (Å²) in [4.78, 5) is 9.52. The van der Waals surface area contributed by atoms with E-state index in [0.29, 0.717) is 6.10 Å². The van der Waals surface area contributed by atoms with Crippen LogP contribution in [0, 0.1) is 0 Å². The van der Waals surface area contributed by atoms with Crippen LogP contribution in [0.15, 0.2) is 40.9 Å². The molecule has 0 spiro atoms. The number of hydrogen-bond acceptors (Lipinski definition) is 5. The molecule has 0 saturated carbocycles. The number of rotatable bonds is 5. The summed E-state index contributed by atoms with van der Waals surface area (Å²) in [5.74, 6) is 1.66. The summed E-state index contributed by atoms with van der Waals surface area (Å²) in [6.45, 7) is 8.51. The van der Waals surface area contributed by atoms with Crippen LogP contribution in [0.4, 0.5) is 0 Å². The van der Waals surface area contributed by atoms with Crippen LogP contribution in [0.3, 0.4) is 0 Å². The van der Waals surface area contributed by atoms with Crippen LogP contribution in [0.25, 0.3) is 11.3 Å². The van der Waals surface area contributed by atoms with Gasteiger partial charge >= 0.3 is 0 Å². The maximum Gasteiger partial charge on any atom is 0.211 e. The fourth-order valence-electron chi connectivity index (χ4n) is 3.78. The summed E-state index contributed by atoms with van der Waals surface area (Å²) in [5.41, 5.74) is 1.08. The molecule has 0 radical (unpaired) electrons. The van der Waals surface area contributed by atoms with E-state index in [1.54, 1.807) is 0 Å². The molecule has 2 aliphatic rings. The molecule has 0 unspecified atom stereocenters. The van der Waals surface area contributed by atoms with Gasteiger partial charge in [0.1, 0.15) is 0 Å². The Morgan fingerprint density at radius 1 is 1.16 bits per heavy atom. The SMILES string of the molecule is C[C@@H](c1ncc(-c2ccccc2)o1)N1CCN(C[C@@H]2CCCO2)CC1. The number of nitrogens with zero attached hydrogens (tertiary/aromatic N) is 3. The Bertz CT molecular complexity index is 659. The molecule has 2 saturated heterocycles. The lowest BCUT2D eigenvalue weighted by Gasteiger charge is -2.37. The highest BCUT2D eigenvalue weighted by molar-refractivity contribution is 5.55. The van der Waals surface area contributed by atoms with E-state index in [9.17, 15) is 0 Å². The minimum Gasteiger partial charge on any atom is -0.439 e. The molecule has 0 aliphatic carbocycles. The minimum atomic E-state index is 0.211. The van der Waals surface area contributed by atoms with Gasteiger partial charge in [-0.3, -0.25) is 9.80 Å². The first-order valence-corrected chi connectivity index (χ1v) is 9.39. The first-order chi connectivity index (χ1) is 12.3. The van der Waals surface area contributed by atoms with E-state index in [2.05, 4.69) is 33.8 Å². The van der Waals surface area contributed by atoms with Gasteiger partial charge in [0.25, 0.3) is 0 Å². The zero-order chi connectivity index (χ0) is 17.1. The van der Waals surface area contributed by atoms with Crippen molar-refractivity contribution in [3.05, 3.63) is 42.4 Å².